The number of ether oxygens (including phenoxy) is 5. The number of anilines is 1. The van der Waals surface area contributed by atoms with Crippen molar-refractivity contribution in [3.63, 3.8) is 0 Å². The molecule has 0 aliphatic heterocycles. The summed E-state index contributed by atoms with van der Waals surface area (Å²) in [5.74, 6) is -0.751. The first-order valence-corrected chi connectivity index (χ1v) is 14.6. The van der Waals surface area contributed by atoms with E-state index < -0.39 is 23.6 Å². The van der Waals surface area contributed by atoms with Crippen LogP contribution in [0, 0.1) is 0 Å². The molecule has 0 bridgehead atoms. The van der Waals surface area contributed by atoms with Crippen LogP contribution in [0.1, 0.15) is 54.3 Å². The van der Waals surface area contributed by atoms with E-state index in [1.54, 1.807) is 32.9 Å². The Kier molecular flexibility index (Phi) is 19.2. The molecule has 1 aromatic carbocycles. The van der Waals surface area contributed by atoms with Crippen LogP contribution in [0.5, 0.6) is 0 Å². The highest BCUT2D eigenvalue weighted by atomic mass is 16.6. The van der Waals surface area contributed by atoms with Crippen LogP contribution in [0.4, 0.5) is 10.5 Å². The molecule has 0 aliphatic rings. The maximum Gasteiger partial charge on any atom is 0.407 e. The summed E-state index contributed by atoms with van der Waals surface area (Å²) < 4.78 is 27.0. The van der Waals surface area contributed by atoms with Crippen molar-refractivity contribution >= 4 is 36.2 Å². The van der Waals surface area contributed by atoms with E-state index in [0.717, 1.165) is 0 Å². The first-order chi connectivity index (χ1) is 21.0. The van der Waals surface area contributed by atoms with Gasteiger partial charge < -0.3 is 49.3 Å². The number of nitrogens with zero attached hydrogens (tertiary/aromatic N) is 1. The molecule has 248 valence electrons. The number of carbonyl (C=O) groups is 5. The Balaban J connectivity index is 2.25. The number of rotatable bonds is 23. The number of alkyl carbamates (subject to hydrolysis) is 1. The summed E-state index contributed by atoms with van der Waals surface area (Å²) >= 11 is 0. The van der Waals surface area contributed by atoms with Crippen LogP contribution in [0.2, 0.25) is 0 Å². The molecule has 1 aromatic rings. The number of aldehydes is 2. The first kappa shape index (κ1) is 38.4. The predicted molar refractivity (Wildman–Crippen MR) is 163 cm³/mol. The smallest absolute Gasteiger partial charge is 0.407 e. The van der Waals surface area contributed by atoms with E-state index in [0.29, 0.717) is 84.2 Å². The van der Waals surface area contributed by atoms with Crippen molar-refractivity contribution in [1.29, 1.82) is 0 Å². The average Bonchev–Trinajstić information content (AvgIpc) is 2.99. The fourth-order valence-corrected chi connectivity index (χ4v) is 3.70. The second-order valence-corrected chi connectivity index (χ2v) is 10.5. The van der Waals surface area contributed by atoms with Crippen LogP contribution >= 0.6 is 0 Å². The van der Waals surface area contributed by atoms with E-state index in [1.165, 1.54) is 25.1 Å². The van der Waals surface area contributed by atoms with Crippen molar-refractivity contribution in [3.05, 3.63) is 29.3 Å². The van der Waals surface area contributed by atoms with Gasteiger partial charge in [0.25, 0.3) is 5.91 Å². The Morgan fingerprint density at radius 1 is 0.886 bits per heavy atom. The number of carbonyl (C=O) groups excluding carboxylic acids is 5. The Bertz CT molecular complexity index is 1030. The van der Waals surface area contributed by atoms with Crippen LogP contribution in [-0.2, 0) is 33.3 Å². The SMILES string of the molecule is CNC(=O)CCC(C=O)N(C)C(=O)c1c(C=O)cccc1NCCOCCOCCOCCOCCNC(=O)OC(C)(C)C. The van der Waals surface area contributed by atoms with Crippen LogP contribution in [0.15, 0.2) is 18.2 Å². The number of hydrogen-bond acceptors (Lipinski definition) is 11. The van der Waals surface area contributed by atoms with Gasteiger partial charge in [-0.15, -0.1) is 0 Å². The summed E-state index contributed by atoms with van der Waals surface area (Å²) in [5.41, 5.74) is 0.217. The predicted octanol–water partition coefficient (Wildman–Crippen LogP) is 1.67. The van der Waals surface area contributed by atoms with Crippen molar-refractivity contribution in [2.24, 2.45) is 0 Å². The summed E-state index contributed by atoms with van der Waals surface area (Å²) in [6.45, 7) is 9.06. The number of benzene rings is 1. The highest BCUT2D eigenvalue weighted by Crippen LogP contribution is 2.22. The Morgan fingerprint density at radius 3 is 1.98 bits per heavy atom. The minimum Gasteiger partial charge on any atom is -0.444 e. The highest BCUT2D eigenvalue weighted by molar-refractivity contribution is 6.06. The monoisotopic (exact) mass is 624 g/mol. The van der Waals surface area contributed by atoms with E-state index in [-0.39, 0.29) is 29.9 Å². The Morgan fingerprint density at radius 2 is 1.45 bits per heavy atom. The van der Waals surface area contributed by atoms with Gasteiger partial charge in [-0.1, -0.05) is 12.1 Å². The molecule has 1 atom stereocenters. The Labute approximate surface area is 259 Å². The maximum absolute atomic E-state index is 13.3. The second kappa shape index (κ2) is 22.0. The number of likely N-dealkylation sites (N-methyl/N-ethyl adjacent to an activating group) is 1. The summed E-state index contributed by atoms with van der Waals surface area (Å²) in [7, 11) is 2.96. The lowest BCUT2D eigenvalue weighted by Gasteiger charge is -2.25. The van der Waals surface area contributed by atoms with Crippen molar-refractivity contribution in [1.82, 2.24) is 15.5 Å². The Hall–Kier alpha value is -3.59. The van der Waals surface area contributed by atoms with Crippen molar-refractivity contribution in [2.75, 3.05) is 85.4 Å². The molecule has 0 saturated carbocycles. The molecule has 1 unspecified atom stereocenters. The average molecular weight is 625 g/mol. The summed E-state index contributed by atoms with van der Waals surface area (Å²) in [4.78, 5) is 60.9. The minimum atomic E-state index is -0.825. The van der Waals surface area contributed by atoms with Crippen molar-refractivity contribution < 1.29 is 47.7 Å². The third kappa shape index (κ3) is 16.3. The lowest BCUT2D eigenvalue weighted by atomic mass is 10.0. The molecule has 0 saturated heterocycles. The maximum atomic E-state index is 13.3. The largest absolute Gasteiger partial charge is 0.444 e. The fraction of sp³-hybridized carbons (Fsp3) is 0.633. The lowest BCUT2D eigenvalue weighted by molar-refractivity contribution is -0.121. The van der Waals surface area contributed by atoms with E-state index in [2.05, 4.69) is 16.0 Å². The molecule has 0 heterocycles. The first-order valence-electron chi connectivity index (χ1n) is 14.6. The van der Waals surface area contributed by atoms with Crippen LogP contribution in [0.3, 0.4) is 0 Å². The molecule has 0 spiro atoms. The molecule has 0 aromatic heterocycles. The van der Waals surface area contributed by atoms with Gasteiger partial charge in [0.1, 0.15) is 11.9 Å². The van der Waals surface area contributed by atoms with Gasteiger partial charge >= 0.3 is 6.09 Å². The highest BCUT2D eigenvalue weighted by Gasteiger charge is 2.25. The lowest BCUT2D eigenvalue weighted by Crippen LogP contribution is -2.39. The molecule has 0 aliphatic carbocycles. The molecule has 3 N–H and O–H groups in total. The molecule has 14 nitrogen and oxygen atoms in total. The van der Waals surface area contributed by atoms with Gasteiger partial charge in [0.05, 0.1) is 64.5 Å². The van der Waals surface area contributed by atoms with Gasteiger partial charge in [0.15, 0.2) is 6.29 Å². The van der Waals surface area contributed by atoms with E-state index >= 15 is 0 Å². The van der Waals surface area contributed by atoms with E-state index in [9.17, 15) is 24.0 Å². The molecule has 44 heavy (non-hydrogen) atoms. The zero-order valence-electron chi connectivity index (χ0n) is 26.5. The van der Waals surface area contributed by atoms with Crippen LogP contribution in [0.25, 0.3) is 0 Å². The second-order valence-electron chi connectivity index (χ2n) is 10.5. The molecular weight excluding hydrogens is 576 g/mol. The molecule has 1 rings (SSSR count). The molecule has 14 heteroatoms. The number of hydrogen-bond donors (Lipinski definition) is 3. The van der Waals surface area contributed by atoms with Crippen molar-refractivity contribution in [2.45, 2.75) is 45.3 Å². The number of nitrogens with one attached hydrogen (secondary N) is 3. The third-order valence-electron chi connectivity index (χ3n) is 5.95. The van der Waals surface area contributed by atoms with Gasteiger partial charge in [0, 0.05) is 44.9 Å². The van der Waals surface area contributed by atoms with Crippen molar-refractivity contribution in [3.8, 4) is 0 Å². The summed E-state index contributed by atoms with van der Waals surface area (Å²) in [6, 6.07) is 4.02. The topological polar surface area (TPSA) is 171 Å². The molecule has 3 amide bonds. The van der Waals surface area contributed by atoms with Gasteiger partial charge in [-0.25, -0.2) is 4.79 Å². The van der Waals surface area contributed by atoms with Gasteiger partial charge in [-0.05, 0) is 33.3 Å². The number of amides is 3. The minimum absolute atomic E-state index is 0.0823. The molecule has 0 radical (unpaired) electrons. The zero-order valence-corrected chi connectivity index (χ0v) is 26.5. The normalized spacial score (nSPS) is 11.8. The quantitative estimate of drug-likeness (QED) is 0.120. The van der Waals surface area contributed by atoms with Crippen LogP contribution < -0.4 is 16.0 Å². The fourth-order valence-electron chi connectivity index (χ4n) is 3.70. The van der Waals surface area contributed by atoms with Gasteiger partial charge in [0.2, 0.25) is 5.91 Å². The van der Waals surface area contributed by atoms with Crippen LogP contribution in [-0.4, -0.2) is 127 Å². The van der Waals surface area contributed by atoms with E-state index in [1.807, 2.05) is 0 Å². The van der Waals surface area contributed by atoms with Gasteiger partial charge in [-0.3, -0.25) is 14.4 Å². The van der Waals surface area contributed by atoms with E-state index in [4.69, 9.17) is 23.7 Å². The summed E-state index contributed by atoms with van der Waals surface area (Å²) in [6.07, 6.45) is 0.962. The zero-order chi connectivity index (χ0) is 32.8. The molecule has 0 fully saturated rings. The molecular formula is C30H48N4O10. The van der Waals surface area contributed by atoms with Gasteiger partial charge in [-0.2, -0.15) is 0 Å². The standard InChI is InChI=1S/C30H48N4O10/c1-30(2,3)44-29(39)33-12-14-41-16-18-43-20-19-42-17-15-40-13-11-32-25-8-6-7-23(21-35)27(25)28(38)34(5)24(22-36)9-10-26(37)31-4/h6-8,21-22,24,32H,9-20H2,1-5H3,(H,31,37)(H,33,39). The summed E-state index contributed by atoms with van der Waals surface area (Å²) in [5, 5.41) is 8.21. The third-order valence-corrected chi connectivity index (χ3v) is 5.95.